The van der Waals surface area contributed by atoms with Gasteiger partial charge in [-0.15, -0.1) is 0 Å². The van der Waals surface area contributed by atoms with E-state index in [1.54, 1.807) is 0 Å². The van der Waals surface area contributed by atoms with Crippen LogP contribution in [0.2, 0.25) is 0 Å². The second-order valence-corrected chi connectivity index (χ2v) is 5.82. The monoisotopic (exact) mass is 313 g/mol. The van der Waals surface area contributed by atoms with Gasteiger partial charge in [0.15, 0.2) is 0 Å². The van der Waals surface area contributed by atoms with E-state index < -0.39 is 47.6 Å². The van der Waals surface area contributed by atoms with Crippen LogP contribution in [-0.2, 0) is 10.7 Å². The van der Waals surface area contributed by atoms with Gasteiger partial charge in [-0.25, -0.2) is 13.2 Å². The number of alkyl halides is 2. The van der Waals surface area contributed by atoms with Crippen molar-refractivity contribution in [2.24, 2.45) is 5.92 Å². The topological polar surface area (TPSA) is 57.6 Å². The minimum Gasteiger partial charge on any atom is -0.481 e. The number of amides is 1. The molecular weight excluding hydrogens is 299 g/mol. The molecular formula is C15H14F3NO3. The number of rotatable bonds is 1. The van der Waals surface area contributed by atoms with E-state index in [1.807, 2.05) is 0 Å². The molecule has 0 radical (unpaired) electrons. The minimum atomic E-state index is -3.32. The smallest absolute Gasteiger partial charge is 0.308 e. The highest BCUT2D eigenvalue weighted by Crippen LogP contribution is 2.42. The number of piperidine rings is 1. The standard InChI is InChI=1S/C15H14F3NO3/c16-9-2-4-11-12(5-9)15(17,18)6-10-3-1-8(14(21)22)7-19(10)13(11)20/h2,4-5,8,10H,1,3,6-7H2,(H,21,22)/t8-,10-/m1/s1. The predicted octanol–water partition coefficient (Wildman–Crippen LogP) is 2.63. The van der Waals surface area contributed by atoms with Crippen LogP contribution < -0.4 is 0 Å². The molecule has 7 heteroatoms. The van der Waals surface area contributed by atoms with Crippen LogP contribution in [0.5, 0.6) is 0 Å². The average molecular weight is 313 g/mol. The Bertz CT molecular complexity index is 647. The number of carboxylic acid groups (broad SMARTS) is 1. The summed E-state index contributed by atoms with van der Waals surface area (Å²) in [5, 5.41) is 9.08. The molecule has 4 nitrogen and oxygen atoms in total. The summed E-state index contributed by atoms with van der Waals surface area (Å²) >= 11 is 0. The number of carboxylic acids is 1. The van der Waals surface area contributed by atoms with Gasteiger partial charge in [-0.1, -0.05) is 0 Å². The molecule has 1 aromatic carbocycles. The van der Waals surface area contributed by atoms with E-state index in [9.17, 15) is 22.8 Å². The predicted molar refractivity (Wildman–Crippen MR) is 70.1 cm³/mol. The first-order valence-corrected chi connectivity index (χ1v) is 7.01. The van der Waals surface area contributed by atoms with Gasteiger partial charge in [0, 0.05) is 30.1 Å². The second kappa shape index (κ2) is 5.00. The summed E-state index contributed by atoms with van der Waals surface area (Å²) in [5.41, 5.74) is -0.862. The molecule has 1 fully saturated rings. The van der Waals surface area contributed by atoms with Gasteiger partial charge in [-0.3, -0.25) is 9.59 Å². The van der Waals surface area contributed by atoms with Gasteiger partial charge >= 0.3 is 5.97 Å². The zero-order chi connectivity index (χ0) is 16.1. The molecule has 1 aromatic rings. The van der Waals surface area contributed by atoms with Crippen LogP contribution >= 0.6 is 0 Å². The van der Waals surface area contributed by atoms with Crippen molar-refractivity contribution in [1.82, 2.24) is 4.90 Å². The molecule has 0 bridgehead atoms. The summed E-state index contributed by atoms with van der Waals surface area (Å²) in [6, 6.07) is 1.98. The van der Waals surface area contributed by atoms with Crippen LogP contribution in [0.1, 0.15) is 35.2 Å². The Kier molecular flexibility index (Phi) is 3.38. The second-order valence-electron chi connectivity index (χ2n) is 5.82. The van der Waals surface area contributed by atoms with Crippen molar-refractivity contribution in [1.29, 1.82) is 0 Å². The number of benzene rings is 1. The molecule has 1 N–H and O–H groups in total. The van der Waals surface area contributed by atoms with Crippen molar-refractivity contribution >= 4 is 11.9 Å². The lowest BCUT2D eigenvalue weighted by atomic mass is 9.90. The quantitative estimate of drug-likeness (QED) is 0.867. The van der Waals surface area contributed by atoms with Gasteiger partial charge in [0.25, 0.3) is 11.8 Å². The number of hydrogen-bond donors (Lipinski definition) is 1. The fraction of sp³-hybridized carbons (Fsp3) is 0.467. The number of hydrogen-bond acceptors (Lipinski definition) is 2. The molecule has 2 atom stereocenters. The van der Waals surface area contributed by atoms with Crippen molar-refractivity contribution in [3.05, 3.63) is 35.1 Å². The maximum absolute atomic E-state index is 14.4. The lowest BCUT2D eigenvalue weighted by molar-refractivity contribution is -0.144. The Morgan fingerprint density at radius 3 is 2.73 bits per heavy atom. The molecule has 0 saturated carbocycles. The molecule has 1 amide bonds. The van der Waals surface area contributed by atoms with Gasteiger partial charge in [0.2, 0.25) is 0 Å². The van der Waals surface area contributed by atoms with Crippen LogP contribution in [0.4, 0.5) is 13.2 Å². The maximum Gasteiger partial charge on any atom is 0.308 e. The Morgan fingerprint density at radius 1 is 1.32 bits per heavy atom. The van der Waals surface area contributed by atoms with E-state index >= 15 is 0 Å². The number of halogens is 3. The zero-order valence-electron chi connectivity index (χ0n) is 11.6. The molecule has 0 unspecified atom stereocenters. The fourth-order valence-corrected chi connectivity index (χ4v) is 3.26. The molecule has 0 spiro atoms. The molecule has 2 aliphatic heterocycles. The largest absolute Gasteiger partial charge is 0.481 e. The van der Waals surface area contributed by atoms with E-state index in [4.69, 9.17) is 5.11 Å². The highest BCUT2D eigenvalue weighted by atomic mass is 19.3. The summed E-state index contributed by atoms with van der Waals surface area (Å²) in [6.07, 6.45) is -0.152. The molecule has 1 saturated heterocycles. The summed E-state index contributed by atoms with van der Waals surface area (Å²) in [5.74, 6) is -6.59. The third kappa shape index (κ3) is 2.34. The van der Waals surface area contributed by atoms with Gasteiger partial charge in [-0.05, 0) is 31.0 Å². The highest BCUT2D eigenvalue weighted by Gasteiger charge is 2.47. The first-order chi connectivity index (χ1) is 10.3. The van der Waals surface area contributed by atoms with Crippen molar-refractivity contribution in [3.63, 3.8) is 0 Å². The van der Waals surface area contributed by atoms with Crippen LogP contribution in [-0.4, -0.2) is 34.5 Å². The van der Waals surface area contributed by atoms with Crippen LogP contribution in [0, 0.1) is 11.7 Å². The Balaban J connectivity index is 2.05. The minimum absolute atomic E-state index is 0.0915. The summed E-state index contributed by atoms with van der Waals surface area (Å²) in [7, 11) is 0. The Hall–Kier alpha value is -2.05. The van der Waals surface area contributed by atoms with E-state index in [1.165, 1.54) is 4.90 Å². The molecule has 0 aliphatic carbocycles. The number of aliphatic carboxylic acids is 1. The van der Waals surface area contributed by atoms with Crippen molar-refractivity contribution in [2.75, 3.05) is 6.54 Å². The highest BCUT2D eigenvalue weighted by molar-refractivity contribution is 5.97. The fourth-order valence-electron chi connectivity index (χ4n) is 3.26. The summed E-state index contributed by atoms with van der Waals surface area (Å²) in [4.78, 5) is 24.8. The molecule has 0 aromatic heterocycles. The molecule has 2 heterocycles. The summed E-state index contributed by atoms with van der Waals surface area (Å²) in [6.45, 7) is -0.0915. The Morgan fingerprint density at radius 2 is 2.05 bits per heavy atom. The number of carbonyl (C=O) groups is 2. The van der Waals surface area contributed by atoms with Crippen molar-refractivity contribution < 1.29 is 27.9 Å². The van der Waals surface area contributed by atoms with Gasteiger partial charge in [0.05, 0.1) is 5.92 Å². The SMILES string of the molecule is O=C(O)[C@@H]1CC[C@@H]2CC(F)(F)c3cc(F)ccc3C(=O)N2C1. The van der Waals surface area contributed by atoms with Crippen molar-refractivity contribution in [2.45, 2.75) is 31.2 Å². The normalized spacial score (nSPS) is 26.9. The van der Waals surface area contributed by atoms with Crippen LogP contribution in [0.15, 0.2) is 18.2 Å². The van der Waals surface area contributed by atoms with Crippen LogP contribution in [0.25, 0.3) is 0 Å². The number of nitrogens with zero attached hydrogens (tertiary/aromatic N) is 1. The molecule has 2 aliphatic rings. The van der Waals surface area contributed by atoms with E-state index in [0.717, 1.165) is 12.1 Å². The average Bonchev–Trinajstić information content (AvgIpc) is 2.53. The van der Waals surface area contributed by atoms with Crippen LogP contribution in [0.3, 0.4) is 0 Å². The molecule has 3 rings (SSSR count). The third-order valence-electron chi connectivity index (χ3n) is 4.41. The zero-order valence-corrected chi connectivity index (χ0v) is 11.6. The van der Waals surface area contributed by atoms with Crippen molar-refractivity contribution in [3.8, 4) is 0 Å². The molecule has 22 heavy (non-hydrogen) atoms. The first-order valence-electron chi connectivity index (χ1n) is 7.01. The van der Waals surface area contributed by atoms with E-state index in [0.29, 0.717) is 6.07 Å². The third-order valence-corrected chi connectivity index (χ3v) is 4.41. The van der Waals surface area contributed by atoms with E-state index in [2.05, 4.69) is 0 Å². The first kappa shape index (κ1) is 14.9. The van der Waals surface area contributed by atoms with Gasteiger partial charge < -0.3 is 10.0 Å². The van der Waals surface area contributed by atoms with E-state index in [-0.39, 0.29) is 24.9 Å². The Labute approximate surface area is 124 Å². The number of fused-ring (bicyclic) bond motifs is 2. The van der Waals surface area contributed by atoms with Gasteiger partial charge in [-0.2, -0.15) is 0 Å². The lowest BCUT2D eigenvalue weighted by Crippen LogP contribution is -2.48. The summed E-state index contributed by atoms with van der Waals surface area (Å²) < 4.78 is 42.1. The maximum atomic E-state index is 14.4. The number of carbonyl (C=O) groups excluding carboxylic acids is 1. The van der Waals surface area contributed by atoms with Gasteiger partial charge in [0.1, 0.15) is 5.82 Å². The molecule has 118 valence electrons. The lowest BCUT2D eigenvalue weighted by Gasteiger charge is -2.37.